The van der Waals surface area contributed by atoms with E-state index in [1.165, 1.54) is 11.3 Å². The van der Waals surface area contributed by atoms with E-state index in [-0.39, 0.29) is 11.3 Å². The average Bonchev–Trinajstić information content (AvgIpc) is 3.21. The Labute approximate surface area is 148 Å². The standard InChI is InChI=1S/C18H16FN3O2S/c1-11-7-8-16(25-11)18(23)24-21-12(2)14-5-4-6-15(17(14)19)13-9-20-22(3)10-13/h4-10H,1-3H3/b21-12+. The number of aromatic nitrogens is 2. The lowest BCUT2D eigenvalue weighted by Gasteiger charge is -2.06. The lowest BCUT2D eigenvalue weighted by molar-refractivity contribution is 0.0522. The number of aryl methyl sites for hydroxylation is 2. The van der Waals surface area contributed by atoms with E-state index < -0.39 is 11.8 Å². The molecule has 0 saturated heterocycles. The van der Waals surface area contributed by atoms with Crippen molar-refractivity contribution in [1.29, 1.82) is 0 Å². The first kappa shape index (κ1) is 17.0. The van der Waals surface area contributed by atoms with E-state index in [0.717, 1.165) is 4.88 Å². The zero-order valence-corrected chi connectivity index (χ0v) is 14.8. The Hall–Kier alpha value is -2.80. The maximum Gasteiger partial charge on any atom is 0.375 e. The van der Waals surface area contributed by atoms with E-state index in [4.69, 9.17) is 4.84 Å². The third kappa shape index (κ3) is 3.66. The molecule has 0 saturated carbocycles. The number of nitrogens with zero attached hydrogens (tertiary/aromatic N) is 3. The molecule has 0 fully saturated rings. The van der Waals surface area contributed by atoms with Crippen LogP contribution in [0.5, 0.6) is 0 Å². The summed E-state index contributed by atoms with van der Waals surface area (Å²) in [6.45, 7) is 3.49. The second kappa shape index (κ2) is 6.98. The number of halogens is 1. The number of thiophene rings is 1. The molecule has 3 rings (SSSR count). The molecular formula is C18H16FN3O2S. The minimum atomic E-state index is -0.554. The van der Waals surface area contributed by atoms with Crippen molar-refractivity contribution in [2.45, 2.75) is 13.8 Å². The van der Waals surface area contributed by atoms with Crippen LogP contribution < -0.4 is 0 Å². The average molecular weight is 357 g/mol. The van der Waals surface area contributed by atoms with Crippen molar-refractivity contribution in [1.82, 2.24) is 9.78 Å². The van der Waals surface area contributed by atoms with Crippen molar-refractivity contribution in [3.63, 3.8) is 0 Å². The van der Waals surface area contributed by atoms with Crippen LogP contribution in [0, 0.1) is 12.7 Å². The Balaban J connectivity index is 1.84. The molecule has 0 aliphatic heterocycles. The summed E-state index contributed by atoms with van der Waals surface area (Å²) >= 11 is 1.32. The molecule has 0 amide bonds. The lowest BCUT2D eigenvalue weighted by atomic mass is 10.0. The molecule has 7 heteroatoms. The van der Waals surface area contributed by atoms with Gasteiger partial charge in [-0.15, -0.1) is 11.3 Å². The van der Waals surface area contributed by atoms with E-state index in [9.17, 15) is 9.18 Å². The summed E-state index contributed by atoms with van der Waals surface area (Å²) in [6, 6.07) is 8.50. The van der Waals surface area contributed by atoms with E-state index in [1.807, 2.05) is 13.0 Å². The van der Waals surface area contributed by atoms with Crippen LogP contribution in [-0.4, -0.2) is 21.5 Å². The van der Waals surface area contributed by atoms with Gasteiger partial charge in [-0.25, -0.2) is 9.18 Å². The van der Waals surface area contributed by atoms with Crippen LogP contribution in [0.2, 0.25) is 0 Å². The Bertz CT molecular complexity index is 959. The van der Waals surface area contributed by atoms with Gasteiger partial charge in [0.05, 0.1) is 11.9 Å². The van der Waals surface area contributed by atoms with Gasteiger partial charge < -0.3 is 4.84 Å². The lowest BCUT2D eigenvalue weighted by Crippen LogP contribution is -2.04. The summed E-state index contributed by atoms with van der Waals surface area (Å²) in [7, 11) is 1.77. The minimum Gasteiger partial charge on any atom is -0.312 e. The molecule has 0 radical (unpaired) electrons. The minimum absolute atomic E-state index is 0.275. The summed E-state index contributed by atoms with van der Waals surface area (Å²) in [5, 5.41) is 7.85. The Morgan fingerprint density at radius 1 is 1.32 bits per heavy atom. The van der Waals surface area contributed by atoms with Gasteiger partial charge in [0.15, 0.2) is 0 Å². The number of oxime groups is 1. The number of benzene rings is 1. The van der Waals surface area contributed by atoms with Gasteiger partial charge in [0.2, 0.25) is 0 Å². The monoisotopic (exact) mass is 357 g/mol. The van der Waals surface area contributed by atoms with Gasteiger partial charge in [-0.1, -0.05) is 23.4 Å². The smallest absolute Gasteiger partial charge is 0.312 e. The molecule has 25 heavy (non-hydrogen) atoms. The zero-order chi connectivity index (χ0) is 18.0. The van der Waals surface area contributed by atoms with Crippen molar-refractivity contribution < 1.29 is 14.0 Å². The van der Waals surface area contributed by atoms with Crippen LogP contribution in [0.15, 0.2) is 47.9 Å². The van der Waals surface area contributed by atoms with Crippen molar-refractivity contribution >= 4 is 23.0 Å². The highest BCUT2D eigenvalue weighted by Gasteiger charge is 2.15. The van der Waals surface area contributed by atoms with Crippen LogP contribution in [0.4, 0.5) is 4.39 Å². The Kier molecular flexibility index (Phi) is 4.76. The summed E-state index contributed by atoms with van der Waals surface area (Å²) in [4.78, 5) is 18.3. The van der Waals surface area contributed by atoms with Crippen LogP contribution in [-0.2, 0) is 11.9 Å². The molecule has 5 nitrogen and oxygen atoms in total. The predicted molar refractivity (Wildman–Crippen MR) is 95.3 cm³/mol. The normalized spacial score (nSPS) is 11.6. The maximum absolute atomic E-state index is 14.8. The van der Waals surface area contributed by atoms with E-state index in [2.05, 4.69) is 10.3 Å². The first-order valence-corrected chi connectivity index (χ1v) is 8.37. The molecule has 0 N–H and O–H groups in total. The largest absolute Gasteiger partial charge is 0.375 e. The van der Waals surface area contributed by atoms with Crippen molar-refractivity contribution in [3.8, 4) is 11.1 Å². The topological polar surface area (TPSA) is 56.5 Å². The van der Waals surface area contributed by atoms with Crippen LogP contribution >= 0.6 is 11.3 Å². The highest BCUT2D eigenvalue weighted by molar-refractivity contribution is 7.13. The number of carbonyl (C=O) groups excluding carboxylic acids is 1. The summed E-state index contributed by atoms with van der Waals surface area (Å²) < 4.78 is 16.4. The molecule has 2 aromatic heterocycles. The number of rotatable bonds is 4. The fourth-order valence-electron chi connectivity index (χ4n) is 2.34. The van der Waals surface area contributed by atoms with Gasteiger partial charge in [0.1, 0.15) is 10.7 Å². The third-order valence-corrected chi connectivity index (χ3v) is 4.59. The molecule has 0 aliphatic carbocycles. The number of hydrogen-bond donors (Lipinski definition) is 0. The maximum atomic E-state index is 14.8. The fourth-order valence-corrected chi connectivity index (χ4v) is 3.08. The van der Waals surface area contributed by atoms with Crippen LogP contribution in [0.1, 0.15) is 27.0 Å². The second-order valence-electron chi connectivity index (χ2n) is 5.54. The molecule has 128 valence electrons. The fraction of sp³-hybridized carbons (Fsp3) is 0.167. The van der Waals surface area contributed by atoms with E-state index >= 15 is 0 Å². The summed E-state index contributed by atoms with van der Waals surface area (Å²) in [5.74, 6) is -0.985. The van der Waals surface area contributed by atoms with Crippen molar-refractivity contribution in [3.05, 3.63) is 63.9 Å². The quantitative estimate of drug-likeness (QED) is 0.400. The molecule has 0 bridgehead atoms. The number of hydrogen-bond acceptors (Lipinski definition) is 5. The summed E-state index contributed by atoms with van der Waals surface area (Å²) in [5.41, 5.74) is 1.64. The molecule has 0 atom stereocenters. The van der Waals surface area contributed by atoms with Gasteiger partial charge in [0.25, 0.3) is 0 Å². The predicted octanol–water partition coefficient (Wildman–Crippen LogP) is 4.18. The van der Waals surface area contributed by atoms with Crippen molar-refractivity contribution in [2.24, 2.45) is 12.2 Å². The summed E-state index contributed by atoms with van der Waals surface area (Å²) in [6.07, 6.45) is 3.32. The van der Waals surface area contributed by atoms with E-state index in [1.54, 1.807) is 55.3 Å². The van der Waals surface area contributed by atoms with Gasteiger partial charge in [0, 0.05) is 34.8 Å². The Morgan fingerprint density at radius 2 is 2.12 bits per heavy atom. The SMILES string of the molecule is C/C(=N\OC(=O)c1ccc(C)s1)c1cccc(-c2cnn(C)c2)c1F. The van der Waals surface area contributed by atoms with E-state index in [0.29, 0.717) is 16.0 Å². The third-order valence-electron chi connectivity index (χ3n) is 3.61. The number of carbonyl (C=O) groups is 1. The molecule has 0 aliphatic rings. The second-order valence-corrected chi connectivity index (χ2v) is 6.82. The van der Waals surface area contributed by atoms with Gasteiger partial charge >= 0.3 is 5.97 Å². The van der Waals surface area contributed by atoms with Gasteiger partial charge in [-0.05, 0) is 26.0 Å². The molecule has 1 aromatic carbocycles. The first-order valence-electron chi connectivity index (χ1n) is 7.56. The van der Waals surface area contributed by atoms with Crippen LogP contribution in [0.25, 0.3) is 11.1 Å². The molecular weight excluding hydrogens is 341 g/mol. The Morgan fingerprint density at radius 3 is 2.76 bits per heavy atom. The first-order chi connectivity index (χ1) is 12.0. The highest BCUT2D eigenvalue weighted by atomic mass is 32.1. The molecule has 0 unspecified atom stereocenters. The zero-order valence-electron chi connectivity index (χ0n) is 14.0. The van der Waals surface area contributed by atoms with Crippen molar-refractivity contribution in [2.75, 3.05) is 0 Å². The van der Waals surface area contributed by atoms with Crippen LogP contribution in [0.3, 0.4) is 0 Å². The highest BCUT2D eigenvalue weighted by Crippen LogP contribution is 2.25. The molecule has 2 heterocycles. The van der Waals surface area contributed by atoms with Gasteiger partial charge in [-0.2, -0.15) is 5.10 Å². The van der Waals surface area contributed by atoms with Gasteiger partial charge in [-0.3, -0.25) is 4.68 Å². The molecule has 3 aromatic rings. The molecule has 0 spiro atoms.